The number of benzene rings is 1. The predicted molar refractivity (Wildman–Crippen MR) is 59.4 cm³/mol. The monoisotopic (exact) mass is 244 g/mol. The molecule has 0 aromatic heterocycles. The zero-order valence-corrected chi connectivity index (χ0v) is 9.75. The molecule has 1 rings (SSSR count). The molecule has 0 aliphatic carbocycles. The van der Waals surface area contributed by atoms with Gasteiger partial charge in [-0.25, -0.2) is 0 Å². The third kappa shape index (κ3) is 2.80. The van der Waals surface area contributed by atoms with E-state index >= 15 is 0 Å². The van der Waals surface area contributed by atoms with Gasteiger partial charge in [-0.2, -0.15) is 13.2 Å². The van der Waals surface area contributed by atoms with Crippen molar-refractivity contribution in [3.8, 4) is 0 Å². The SMILES string of the molecule is [CH]C(O)(c1ccc(C(C)CC)cc1)C(F)(F)F. The summed E-state index contributed by atoms with van der Waals surface area (Å²) in [5.41, 5.74) is -2.72. The first-order chi connectivity index (χ1) is 7.70. The Morgan fingerprint density at radius 2 is 1.71 bits per heavy atom. The van der Waals surface area contributed by atoms with E-state index in [1.807, 2.05) is 13.8 Å². The molecule has 17 heavy (non-hydrogen) atoms. The molecule has 2 radical (unpaired) electrons. The fourth-order valence-corrected chi connectivity index (χ4v) is 1.47. The molecule has 0 bridgehead atoms. The lowest BCUT2D eigenvalue weighted by atomic mass is 9.91. The summed E-state index contributed by atoms with van der Waals surface area (Å²) in [6.45, 7) is 8.88. The molecule has 0 fully saturated rings. The fourth-order valence-electron chi connectivity index (χ4n) is 1.47. The maximum atomic E-state index is 12.5. The first-order valence-electron chi connectivity index (χ1n) is 5.38. The molecule has 0 heterocycles. The van der Waals surface area contributed by atoms with Crippen LogP contribution in [-0.2, 0) is 5.60 Å². The van der Waals surface area contributed by atoms with Crippen LogP contribution < -0.4 is 0 Å². The van der Waals surface area contributed by atoms with Crippen molar-refractivity contribution in [2.45, 2.75) is 38.0 Å². The average molecular weight is 244 g/mol. The Balaban J connectivity index is 3.03. The van der Waals surface area contributed by atoms with E-state index in [0.717, 1.165) is 12.0 Å². The third-order valence-corrected chi connectivity index (χ3v) is 2.96. The summed E-state index contributed by atoms with van der Waals surface area (Å²) in [5, 5.41) is 9.26. The summed E-state index contributed by atoms with van der Waals surface area (Å²) in [6.07, 6.45) is -3.99. The molecule has 0 saturated heterocycles. The third-order valence-electron chi connectivity index (χ3n) is 2.96. The lowest BCUT2D eigenvalue weighted by molar-refractivity contribution is -0.246. The van der Waals surface area contributed by atoms with Gasteiger partial charge in [0.25, 0.3) is 0 Å². The molecule has 0 aliphatic rings. The van der Waals surface area contributed by atoms with Gasteiger partial charge in [-0.15, -0.1) is 0 Å². The van der Waals surface area contributed by atoms with E-state index in [2.05, 4.69) is 0 Å². The number of hydrogen-bond donors (Lipinski definition) is 1. The van der Waals surface area contributed by atoms with Crippen molar-refractivity contribution >= 4 is 0 Å². The lowest BCUT2D eigenvalue weighted by Gasteiger charge is -2.26. The van der Waals surface area contributed by atoms with Crippen molar-refractivity contribution in [2.75, 3.05) is 0 Å². The molecule has 1 aromatic rings. The van der Waals surface area contributed by atoms with Crippen LogP contribution in [0.4, 0.5) is 13.2 Å². The van der Waals surface area contributed by atoms with Crippen LogP contribution in [0.15, 0.2) is 24.3 Å². The van der Waals surface area contributed by atoms with Crippen LogP contribution in [0.1, 0.15) is 37.3 Å². The quantitative estimate of drug-likeness (QED) is 0.860. The molecule has 0 amide bonds. The van der Waals surface area contributed by atoms with E-state index in [0.29, 0.717) is 0 Å². The molecule has 4 heteroatoms. The van der Waals surface area contributed by atoms with Crippen molar-refractivity contribution in [1.29, 1.82) is 0 Å². The lowest BCUT2D eigenvalue weighted by Crippen LogP contribution is -2.39. The molecule has 1 N–H and O–H groups in total. The molecule has 2 atom stereocenters. The molecular formula is C13H15F3O. The Bertz CT molecular complexity index is 365. The van der Waals surface area contributed by atoms with Gasteiger partial charge in [0.1, 0.15) is 0 Å². The molecule has 1 nitrogen and oxygen atoms in total. The van der Waals surface area contributed by atoms with E-state index in [-0.39, 0.29) is 11.5 Å². The van der Waals surface area contributed by atoms with Gasteiger partial charge in [-0.1, -0.05) is 38.1 Å². The minimum Gasteiger partial charge on any atom is -0.376 e. The summed E-state index contributed by atoms with van der Waals surface area (Å²) < 4.78 is 37.4. The molecule has 2 unspecified atom stereocenters. The van der Waals surface area contributed by atoms with Crippen LogP contribution in [-0.4, -0.2) is 11.3 Å². The normalized spacial score (nSPS) is 17.6. The number of halogens is 3. The Morgan fingerprint density at radius 1 is 1.24 bits per heavy atom. The number of hydrogen-bond acceptors (Lipinski definition) is 1. The highest BCUT2D eigenvalue weighted by Crippen LogP contribution is 2.38. The van der Waals surface area contributed by atoms with Gasteiger partial charge >= 0.3 is 6.18 Å². The Hall–Kier alpha value is -1.03. The van der Waals surface area contributed by atoms with Gasteiger partial charge in [0.2, 0.25) is 0 Å². The highest BCUT2D eigenvalue weighted by molar-refractivity contribution is 5.30. The van der Waals surface area contributed by atoms with Gasteiger partial charge in [-0.3, -0.25) is 0 Å². The Kier molecular flexibility index (Phi) is 3.87. The fraction of sp³-hybridized carbons (Fsp3) is 0.462. The van der Waals surface area contributed by atoms with Crippen molar-refractivity contribution in [3.05, 3.63) is 42.3 Å². The van der Waals surface area contributed by atoms with Crippen LogP contribution in [0, 0.1) is 6.92 Å². The Labute approximate surface area is 99.3 Å². The average Bonchev–Trinajstić information content (AvgIpc) is 2.26. The second-order valence-electron chi connectivity index (χ2n) is 4.20. The summed E-state index contributed by atoms with van der Waals surface area (Å²) in [6, 6.07) is 5.56. The summed E-state index contributed by atoms with van der Waals surface area (Å²) in [7, 11) is 0. The second-order valence-corrected chi connectivity index (χ2v) is 4.20. The highest BCUT2D eigenvalue weighted by atomic mass is 19.4. The van der Waals surface area contributed by atoms with Gasteiger partial charge in [0, 0.05) is 6.92 Å². The maximum absolute atomic E-state index is 12.5. The topological polar surface area (TPSA) is 20.2 Å². The smallest absolute Gasteiger partial charge is 0.376 e. The highest BCUT2D eigenvalue weighted by Gasteiger charge is 2.51. The van der Waals surface area contributed by atoms with E-state index in [1.165, 1.54) is 12.1 Å². The molecular weight excluding hydrogens is 229 g/mol. The van der Waals surface area contributed by atoms with Gasteiger partial charge in [0.05, 0.1) is 0 Å². The summed E-state index contributed by atoms with van der Waals surface area (Å²) >= 11 is 0. The summed E-state index contributed by atoms with van der Waals surface area (Å²) in [4.78, 5) is 0. The number of aliphatic hydroxyl groups is 1. The number of rotatable bonds is 3. The number of alkyl halides is 3. The van der Waals surface area contributed by atoms with E-state index < -0.39 is 11.8 Å². The van der Waals surface area contributed by atoms with E-state index in [4.69, 9.17) is 6.92 Å². The zero-order chi connectivity index (χ0) is 13.3. The van der Waals surface area contributed by atoms with Gasteiger partial charge in [-0.05, 0) is 23.5 Å². The molecule has 0 saturated carbocycles. The minimum atomic E-state index is -4.88. The van der Waals surface area contributed by atoms with Crippen molar-refractivity contribution in [3.63, 3.8) is 0 Å². The van der Waals surface area contributed by atoms with Crippen LogP contribution in [0.5, 0.6) is 0 Å². The van der Waals surface area contributed by atoms with Crippen molar-refractivity contribution in [2.24, 2.45) is 0 Å². The van der Waals surface area contributed by atoms with E-state index in [1.54, 1.807) is 12.1 Å². The molecule has 1 aromatic carbocycles. The van der Waals surface area contributed by atoms with Crippen LogP contribution >= 0.6 is 0 Å². The van der Waals surface area contributed by atoms with Gasteiger partial charge in [0.15, 0.2) is 5.60 Å². The first-order valence-corrected chi connectivity index (χ1v) is 5.38. The Morgan fingerprint density at radius 3 is 2.06 bits per heavy atom. The van der Waals surface area contributed by atoms with E-state index in [9.17, 15) is 18.3 Å². The first kappa shape index (κ1) is 14.0. The molecule has 94 valence electrons. The second kappa shape index (κ2) is 4.69. The van der Waals surface area contributed by atoms with Crippen LogP contribution in [0.3, 0.4) is 0 Å². The van der Waals surface area contributed by atoms with Crippen LogP contribution in [0.25, 0.3) is 0 Å². The summed E-state index contributed by atoms with van der Waals surface area (Å²) in [5.74, 6) is 0.265. The zero-order valence-electron chi connectivity index (χ0n) is 9.75. The standard InChI is InChI=1S/C13H15F3O/c1-4-9(2)10-5-7-11(8-6-10)12(3,17)13(14,15)16/h3,5-9,17H,4H2,1-2H3. The van der Waals surface area contributed by atoms with Gasteiger partial charge < -0.3 is 5.11 Å². The largest absolute Gasteiger partial charge is 0.421 e. The van der Waals surface area contributed by atoms with Crippen molar-refractivity contribution < 1.29 is 18.3 Å². The minimum absolute atomic E-state index is 0.265. The molecule has 0 spiro atoms. The predicted octanol–water partition coefficient (Wildman–Crippen LogP) is 3.66. The van der Waals surface area contributed by atoms with Crippen molar-refractivity contribution in [1.82, 2.24) is 0 Å². The van der Waals surface area contributed by atoms with Crippen LogP contribution in [0.2, 0.25) is 0 Å². The molecule has 0 aliphatic heterocycles. The maximum Gasteiger partial charge on any atom is 0.421 e.